The zero-order chi connectivity index (χ0) is 15.0. The molecule has 0 fully saturated rings. The summed E-state index contributed by atoms with van der Waals surface area (Å²) in [6.45, 7) is 4.81. The van der Waals surface area contributed by atoms with E-state index in [9.17, 15) is 13.2 Å². The van der Waals surface area contributed by atoms with E-state index in [1.807, 2.05) is 6.92 Å². The lowest BCUT2D eigenvalue weighted by atomic mass is 10.4. The van der Waals surface area contributed by atoms with Crippen molar-refractivity contribution < 1.29 is 13.2 Å². The first kappa shape index (κ1) is 16.4. The number of rotatable bonds is 8. The smallest absolute Gasteiger partial charge is 0.244 e. The Kier molecular flexibility index (Phi) is 6.40. The number of amides is 1. The summed E-state index contributed by atoms with van der Waals surface area (Å²) in [6.07, 6.45) is 1.62. The van der Waals surface area contributed by atoms with Crippen molar-refractivity contribution in [1.29, 1.82) is 0 Å². The molecule has 0 aromatic carbocycles. The Morgan fingerprint density at radius 1 is 1.30 bits per heavy atom. The lowest BCUT2D eigenvalue weighted by molar-refractivity contribution is -0.120. The number of anilines is 1. The van der Waals surface area contributed by atoms with E-state index in [1.54, 1.807) is 13.0 Å². The number of carbonyl (C=O) groups is 1. The average Bonchev–Trinajstić information content (AvgIpc) is 2.39. The molecule has 0 atom stereocenters. The first-order valence-electron chi connectivity index (χ1n) is 6.46. The molecule has 0 aliphatic carbocycles. The van der Waals surface area contributed by atoms with E-state index in [-0.39, 0.29) is 23.8 Å². The van der Waals surface area contributed by atoms with Gasteiger partial charge in [0.15, 0.2) is 0 Å². The van der Waals surface area contributed by atoms with Crippen LogP contribution in [0.5, 0.6) is 0 Å². The molecule has 1 heterocycles. The van der Waals surface area contributed by atoms with Gasteiger partial charge >= 0.3 is 0 Å². The minimum Gasteiger partial charge on any atom is -0.369 e. The molecule has 112 valence electrons. The maximum atomic E-state index is 12.1. The molecule has 1 rings (SSSR count). The Labute approximate surface area is 119 Å². The summed E-state index contributed by atoms with van der Waals surface area (Å²) in [5, 5.41) is 5.50. The van der Waals surface area contributed by atoms with Gasteiger partial charge in [-0.05, 0) is 26.0 Å². The van der Waals surface area contributed by atoms with Gasteiger partial charge < -0.3 is 10.6 Å². The normalized spacial score (nSPS) is 11.1. The standard InChI is InChI=1S/C12H20N4O3S/c1-3-13-11(17)7-9-16-20(18,19)10-6-5-8-15-12(10)14-4-2/h5-6,8,16H,3-4,7,9H2,1-2H3,(H,13,17)(H,14,15). The van der Waals surface area contributed by atoms with Crippen molar-refractivity contribution in [2.24, 2.45) is 0 Å². The van der Waals surface area contributed by atoms with Crippen LogP contribution >= 0.6 is 0 Å². The lowest BCUT2D eigenvalue weighted by Crippen LogP contribution is -2.31. The van der Waals surface area contributed by atoms with Gasteiger partial charge in [0.05, 0.1) is 0 Å². The third-order valence-electron chi connectivity index (χ3n) is 2.42. The first-order valence-corrected chi connectivity index (χ1v) is 7.94. The maximum Gasteiger partial charge on any atom is 0.244 e. The van der Waals surface area contributed by atoms with Crippen molar-refractivity contribution in [2.75, 3.05) is 25.0 Å². The molecular formula is C12H20N4O3S. The molecule has 0 saturated carbocycles. The fourth-order valence-corrected chi connectivity index (χ4v) is 2.73. The monoisotopic (exact) mass is 300 g/mol. The quantitative estimate of drug-likeness (QED) is 0.642. The van der Waals surface area contributed by atoms with E-state index < -0.39 is 10.0 Å². The molecule has 7 nitrogen and oxygen atoms in total. The minimum atomic E-state index is -3.68. The molecule has 1 amide bonds. The van der Waals surface area contributed by atoms with Gasteiger partial charge in [0.1, 0.15) is 10.7 Å². The lowest BCUT2D eigenvalue weighted by Gasteiger charge is -2.11. The summed E-state index contributed by atoms with van der Waals surface area (Å²) in [5.41, 5.74) is 0. The second-order valence-corrected chi connectivity index (χ2v) is 5.72. The van der Waals surface area contributed by atoms with E-state index in [4.69, 9.17) is 0 Å². The molecule has 3 N–H and O–H groups in total. The van der Waals surface area contributed by atoms with Crippen molar-refractivity contribution in [1.82, 2.24) is 15.0 Å². The van der Waals surface area contributed by atoms with Crippen molar-refractivity contribution >= 4 is 21.7 Å². The predicted molar refractivity (Wildman–Crippen MR) is 76.9 cm³/mol. The van der Waals surface area contributed by atoms with Crippen molar-refractivity contribution in [3.8, 4) is 0 Å². The Hall–Kier alpha value is -1.67. The zero-order valence-corrected chi connectivity index (χ0v) is 12.5. The van der Waals surface area contributed by atoms with Crippen LogP contribution in [0, 0.1) is 0 Å². The van der Waals surface area contributed by atoms with E-state index >= 15 is 0 Å². The molecule has 0 saturated heterocycles. The van der Waals surface area contributed by atoms with E-state index in [2.05, 4.69) is 20.3 Å². The van der Waals surface area contributed by atoms with Gasteiger partial charge in [-0.3, -0.25) is 4.79 Å². The summed E-state index contributed by atoms with van der Waals surface area (Å²) >= 11 is 0. The summed E-state index contributed by atoms with van der Waals surface area (Å²) in [5.74, 6) is 0.119. The fourth-order valence-electron chi connectivity index (χ4n) is 1.57. The fraction of sp³-hybridized carbons (Fsp3) is 0.500. The molecule has 1 aromatic rings. The highest BCUT2D eigenvalue weighted by atomic mass is 32.2. The molecule has 8 heteroatoms. The van der Waals surface area contributed by atoms with Gasteiger partial charge in [-0.15, -0.1) is 0 Å². The van der Waals surface area contributed by atoms with Gasteiger partial charge in [-0.25, -0.2) is 18.1 Å². The molecule has 20 heavy (non-hydrogen) atoms. The van der Waals surface area contributed by atoms with Gasteiger partial charge in [-0.2, -0.15) is 0 Å². The van der Waals surface area contributed by atoms with E-state index in [0.717, 1.165) is 0 Å². The second-order valence-electron chi connectivity index (χ2n) is 3.98. The summed E-state index contributed by atoms with van der Waals surface area (Å²) in [7, 11) is -3.68. The number of nitrogens with one attached hydrogen (secondary N) is 3. The molecule has 0 spiro atoms. The molecule has 0 aliphatic rings. The Bertz CT molecular complexity index is 545. The first-order chi connectivity index (χ1) is 9.51. The van der Waals surface area contributed by atoms with Gasteiger partial charge in [0.25, 0.3) is 0 Å². The van der Waals surface area contributed by atoms with E-state index in [1.165, 1.54) is 12.3 Å². The predicted octanol–water partition coefficient (Wildman–Crippen LogP) is 0.318. The van der Waals surface area contributed by atoms with Gasteiger partial charge in [-0.1, -0.05) is 0 Å². The highest BCUT2D eigenvalue weighted by Crippen LogP contribution is 2.17. The van der Waals surface area contributed by atoms with Crippen LogP contribution < -0.4 is 15.4 Å². The number of pyridine rings is 1. The van der Waals surface area contributed by atoms with Crippen LogP contribution in [-0.4, -0.2) is 38.9 Å². The summed E-state index contributed by atoms with van der Waals surface area (Å²) < 4.78 is 26.7. The Balaban J connectivity index is 2.71. The highest BCUT2D eigenvalue weighted by molar-refractivity contribution is 7.89. The molecule has 0 bridgehead atoms. The van der Waals surface area contributed by atoms with Crippen LogP contribution in [0.1, 0.15) is 20.3 Å². The van der Waals surface area contributed by atoms with Crippen molar-refractivity contribution in [3.05, 3.63) is 18.3 Å². The Morgan fingerprint density at radius 2 is 2.05 bits per heavy atom. The van der Waals surface area contributed by atoms with Crippen molar-refractivity contribution in [2.45, 2.75) is 25.2 Å². The van der Waals surface area contributed by atoms with Crippen LogP contribution in [0.2, 0.25) is 0 Å². The summed E-state index contributed by atoms with van der Waals surface area (Å²) in [6, 6.07) is 3.03. The second kappa shape index (κ2) is 7.81. The molecule has 0 radical (unpaired) electrons. The van der Waals surface area contributed by atoms with Gasteiger partial charge in [0, 0.05) is 32.3 Å². The van der Waals surface area contributed by atoms with Crippen LogP contribution in [0.3, 0.4) is 0 Å². The number of nitrogens with zero attached hydrogens (tertiary/aromatic N) is 1. The zero-order valence-electron chi connectivity index (χ0n) is 11.6. The van der Waals surface area contributed by atoms with Gasteiger partial charge in [0.2, 0.25) is 15.9 Å². The third kappa shape index (κ3) is 4.78. The maximum absolute atomic E-state index is 12.1. The van der Waals surface area contributed by atoms with Crippen LogP contribution in [0.15, 0.2) is 23.2 Å². The number of sulfonamides is 1. The largest absolute Gasteiger partial charge is 0.369 e. The van der Waals surface area contributed by atoms with Crippen LogP contribution in [-0.2, 0) is 14.8 Å². The third-order valence-corrected chi connectivity index (χ3v) is 3.92. The number of hydrogen-bond acceptors (Lipinski definition) is 5. The van der Waals surface area contributed by atoms with E-state index in [0.29, 0.717) is 18.9 Å². The minimum absolute atomic E-state index is 0.0502. The number of carbonyl (C=O) groups excluding carboxylic acids is 1. The Morgan fingerprint density at radius 3 is 2.70 bits per heavy atom. The molecular weight excluding hydrogens is 280 g/mol. The molecule has 0 aliphatic heterocycles. The van der Waals surface area contributed by atoms with Crippen molar-refractivity contribution in [3.63, 3.8) is 0 Å². The molecule has 0 unspecified atom stereocenters. The average molecular weight is 300 g/mol. The van der Waals surface area contributed by atoms with Crippen LogP contribution in [0.4, 0.5) is 5.82 Å². The number of hydrogen-bond donors (Lipinski definition) is 3. The summed E-state index contributed by atoms with van der Waals surface area (Å²) in [4.78, 5) is 15.3. The topological polar surface area (TPSA) is 100 Å². The highest BCUT2D eigenvalue weighted by Gasteiger charge is 2.18. The number of aromatic nitrogens is 1. The van der Waals surface area contributed by atoms with Crippen LogP contribution in [0.25, 0.3) is 0 Å². The SMILES string of the molecule is CCNC(=O)CCNS(=O)(=O)c1cccnc1NCC. The molecule has 1 aromatic heterocycles.